The fourth-order valence-corrected chi connectivity index (χ4v) is 2.59. The number of rotatable bonds is 0. The molecule has 0 saturated heterocycles. The number of fused-ring (bicyclic) bond motifs is 1. The summed E-state index contributed by atoms with van der Waals surface area (Å²) in [5.41, 5.74) is 8.75. The van der Waals surface area contributed by atoms with E-state index in [1.807, 2.05) is 6.07 Å². The minimum absolute atomic E-state index is 0.0334. The quantitative estimate of drug-likeness (QED) is 0.677. The number of benzene rings is 1. The van der Waals surface area contributed by atoms with Gasteiger partial charge in [-0.2, -0.15) is 0 Å². The fraction of sp³-hybridized carbons (Fsp3) is 0.500. The predicted molar refractivity (Wildman–Crippen MR) is 54.7 cm³/mol. The summed E-state index contributed by atoms with van der Waals surface area (Å²) in [4.78, 5) is 0. The van der Waals surface area contributed by atoms with E-state index in [9.17, 15) is 0 Å². The Morgan fingerprint density at radius 1 is 1.43 bits per heavy atom. The highest BCUT2D eigenvalue weighted by Gasteiger charge is 2.59. The molecule has 2 nitrogen and oxygen atoms in total. The van der Waals surface area contributed by atoms with Crippen LogP contribution in [0.5, 0.6) is 0 Å². The Hall–Kier alpha value is -0.860. The Bertz CT molecular complexity index is 376. The molecular weight excluding hydrogens is 174 g/mol. The number of hydrogen-bond donors (Lipinski definition) is 1. The van der Waals surface area contributed by atoms with Gasteiger partial charge in [-0.15, -0.1) is 0 Å². The summed E-state index contributed by atoms with van der Waals surface area (Å²) >= 11 is 0. The Labute approximate surface area is 84.1 Å². The van der Waals surface area contributed by atoms with Crippen molar-refractivity contribution in [2.24, 2.45) is 11.7 Å². The third kappa shape index (κ3) is 0.928. The van der Waals surface area contributed by atoms with E-state index < -0.39 is 0 Å². The van der Waals surface area contributed by atoms with E-state index in [0.717, 1.165) is 13.0 Å². The molecule has 1 aromatic carbocycles. The minimum atomic E-state index is -0.0334. The Balaban J connectivity index is 2.04. The van der Waals surface area contributed by atoms with E-state index in [2.05, 4.69) is 25.1 Å². The zero-order chi connectivity index (χ0) is 9.76. The van der Waals surface area contributed by atoms with E-state index in [0.29, 0.717) is 5.92 Å². The van der Waals surface area contributed by atoms with Crippen molar-refractivity contribution in [3.05, 3.63) is 35.4 Å². The van der Waals surface area contributed by atoms with Crippen molar-refractivity contribution in [1.82, 2.24) is 0 Å². The van der Waals surface area contributed by atoms with Crippen LogP contribution < -0.4 is 5.73 Å². The zero-order valence-electron chi connectivity index (χ0n) is 8.36. The molecule has 1 aliphatic heterocycles. The Kier molecular flexibility index (Phi) is 1.56. The molecule has 1 heterocycles. The van der Waals surface area contributed by atoms with Crippen LogP contribution in [0.1, 0.15) is 30.5 Å². The van der Waals surface area contributed by atoms with E-state index in [1.165, 1.54) is 11.1 Å². The topological polar surface area (TPSA) is 35.2 Å². The maximum atomic E-state index is 6.25. The first-order valence-corrected chi connectivity index (χ1v) is 5.21. The van der Waals surface area contributed by atoms with Gasteiger partial charge in [-0.05, 0) is 23.5 Å². The molecule has 74 valence electrons. The van der Waals surface area contributed by atoms with Crippen molar-refractivity contribution < 1.29 is 4.74 Å². The van der Waals surface area contributed by atoms with Gasteiger partial charge in [0.25, 0.3) is 0 Å². The summed E-state index contributed by atoms with van der Waals surface area (Å²) in [6.07, 6.45) is 1.11. The molecule has 14 heavy (non-hydrogen) atoms. The van der Waals surface area contributed by atoms with E-state index in [-0.39, 0.29) is 11.6 Å². The zero-order valence-corrected chi connectivity index (χ0v) is 8.36. The highest BCUT2D eigenvalue weighted by molar-refractivity contribution is 5.36. The molecule has 1 aliphatic carbocycles. The molecule has 0 bridgehead atoms. The molecule has 1 spiro atoms. The summed E-state index contributed by atoms with van der Waals surface area (Å²) in [7, 11) is 0. The molecule has 2 heteroatoms. The lowest BCUT2D eigenvalue weighted by molar-refractivity contribution is -0.0222. The van der Waals surface area contributed by atoms with Crippen molar-refractivity contribution >= 4 is 0 Å². The van der Waals surface area contributed by atoms with Gasteiger partial charge in [0.1, 0.15) is 0 Å². The molecule has 3 rings (SSSR count). The summed E-state index contributed by atoms with van der Waals surface area (Å²) < 4.78 is 5.90. The van der Waals surface area contributed by atoms with Gasteiger partial charge in [-0.25, -0.2) is 0 Å². The second-order valence-corrected chi connectivity index (χ2v) is 4.53. The average Bonchev–Trinajstić information content (AvgIpc) is 2.86. The molecular formula is C12H15NO. The van der Waals surface area contributed by atoms with Crippen molar-refractivity contribution in [3.8, 4) is 0 Å². The van der Waals surface area contributed by atoms with Gasteiger partial charge < -0.3 is 10.5 Å². The van der Waals surface area contributed by atoms with Crippen LogP contribution in [0.2, 0.25) is 0 Å². The number of hydrogen-bond acceptors (Lipinski definition) is 2. The molecule has 3 atom stereocenters. The predicted octanol–water partition coefficient (Wildman–Crippen LogP) is 2.00. The largest absolute Gasteiger partial charge is 0.368 e. The SMILES string of the molecule is CC1CC12OCc1ccccc1C2N. The lowest BCUT2D eigenvalue weighted by Gasteiger charge is -2.32. The first-order chi connectivity index (χ1) is 6.74. The van der Waals surface area contributed by atoms with Crippen LogP contribution in [0.3, 0.4) is 0 Å². The van der Waals surface area contributed by atoms with Gasteiger partial charge in [-0.1, -0.05) is 31.2 Å². The summed E-state index contributed by atoms with van der Waals surface area (Å²) in [6.45, 7) is 2.95. The maximum absolute atomic E-state index is 6.25. The molecule has 2 aliphatic rings. The van der Waals surface area contributed by atoms with Gasteiger partial charge >= 0.3 is 0 Å². The van der Waals surface area contributed by atoms with Crippen molar-refractivity contribution in [2.75, 3.05) is 0 Å². The van der Waals surface area contributed by atoms with E-state index in [4.69, 9.17) is 10.5 Å². The minimum Gasteiger partial charge on any atom is -0.368 e. The molecule has 3 unspecified atom stereocenters. The summed E-state index contributed by atoms with van der Waals surface area (Å²) in [6, 6.07) is 8.42. The molecule has 1 aromatic rings. The molecule has 1 saturated carbocycles. The molecule has 0 radical (unpaired) electrons. The van der Waals surface area contributed by atoms with Gasteiger partial charge in [0.15, 0.2) is 0 Å². The fourth-order valence-electron chi connectivity index (χ4n) is 2.59. The first kappa shape index (κ1) is 8.45. The van der Waals surface area contributed by atoms with Crippen molar-refractivity contribution in [3.63, 3.8) is 0 Å². The standard InChI is InChI=1S/C12H15NO/c1-8-6-12(8)11(13)10-5-3-2-4-9(10)7-14-12/h2-5,8,11H,6-7,13H2,1H3. The number of nitrogens with two attached hydrogens (primary N) is 1. The van der Waals surface area contributed by atoms with Crippen molar-refractivity contribution in [2.45, 2.75) is 31.6 Å². The molecule has 1 fully saturated rings. The maximum Gasteiger partial charge on any atom is 0.0908 e. The molecule has 0 aromatic heterocycles. The van der Waals surface area contributed by atoms with Crippen LogP contribution in [0.4, 0.5) is 0 Å². The van der Waals surface area contributed by atoms with Crippen LogP contribution in [0, 0.1) is 5.92 Å². The van der Waals surface area contributed by atoms with Crippen LogP contribution in [0.25, 0.3) is 0 Å². The van der Waals surface area contributed by atoms with Crippen molar-refractivity contribution in [1.29, 1.82) is 0 Å². The second-order valence-electron chi connectivity index (χ2n) is 4.53. The first-order valence-electron chi connectivity index (χ1n) is 5.21. The average molecular weight is 189 g/mol. The molecule has 2 N–H and O–H groups in total. The highest BCUT2D eigenvalue weighted by Crippen LogP contribution is 2.56. The number of ether oxygens (including phenoxy) is 1. The van der Waals surface area contributed by atoms with E-state index >= 15 is 0 Å². The second kappa shape index (κ2) is 2.59. The Morgan fingerprint density at radius 2 is 2.14 bits per heavy atom. The van der Waals surface area contributed by atoms with Gasteiger partial charge in [-0.3, -0.25) is 0 Å². The smallest absolute Gasteiger partial charge is 0.0908 e. The third-order valence-electron chi connectivity index (χ3n) is 3.71. The monoisotopic (exact) mass is 189 g/mol. The normalized spacial score (nSPS) is 39.6. The Morgan fingerprint density at radius 3 is 2.86 bits per heavy atom. The summed E-state index contributed by atoms with van der Waals surface area (Å²) in [5.74, 6) is 0.617. The van der Waals surface area contributed by atoms with Gasteiger partial charge in [0.05, 0.1) is 18.2 Å². The van der Waals surface area contributed by atoms with Crippen LogP contribution in [-0.2, 0) is 11.3 Å². The summed E-state index contributed by atoms with van der Waals surface area (Å²) in [5, 5.41) is 0. The van der Waals surface area contributed by atoms with Crippen LogP contribution in [0.15, 0.2) is 24.3 Å². The van der Waals surface area contributed by atoms with Crippen LogP contribution >= 0.6 is 0 Å². The third-order valence-corrected chi connectivity index (χ3v) is 3.71. The van der Waals surface area contributed by atoms with Crippen LogP contribution in [-0.4, -0.2) is 5.60 Å². The lowest BCUT2D eigenvalue weighted by Crippen LogP contribution is -2.36. The lowest BCUT2D eigenvalue weighted by atomic mass is 9.92. The van der Waals surface area contributed by atoms with Gasteiger partial charge in [0.2, 0.25) is 0 Å². The van der Waals surface area contributed by atoms with E-state index in [1.54, 1.807) is 0 Å². The molecule has 0 amide bonds. The highest BCUT2D eigenvalue weighted by atomic mass is 16.5. The van der Waals surface area contributed by atoms with Gasteiger partial charge in [0, 0.05) is 0 Å².